The van der Waals surface area contributed by atoms with Crippen molar-refractivity contribution in [3.8, 4) is 5.69 Å². The van der Waals surface area contributed by atoms with E-state index < -0.39 is 34.7 Å². The van der Waals surface area contributed by atoms with Gasteiger partial charge in [0, 0.05) is 24.4 Å². The fraction of sp³-hybridized carbons (Fsp3) is 0.500. The number of nitrogens with two attached hydrogens (primary N) is 1. The van der Waals surface area contributed by atoms with Crippen molar-refractivity contribution in [1.29, 1.82) is 0 Å². The third-order valence-corrected chi connectivity index (χ3v) is 6.54. The zero-order chi connectivity index (χ0) is 24.1. The second-order valence-electron chi connectivity index (χ2n) is 9.87. The maximum Gasteiger partial charge on any atom is 0.418 e. The molecule has 0 bridgehead atoms. The number of halogens is 4. The molecule has 2 aliphatic rings. The van der Waals surface area contributed by atoms with Crippen molar-refractivity contribution in [3.63, 3.8) is 0 Å². The van der Waals surface area contributed by atoms with Crippen molar-refractivity contribution < 1.29 is 27.2 Å². The summed E-state index contributed by atoms with van der Waals surface area (Å²) in [7, 11) is 0. The normalized spacial score (nSPS) is 18.8. The van der Waals surface area contributed by atoms with Crippen molar-refractivity contribution >= 4 is 17.4 Å². The third-order valence-electron chi connectivity index (χ3n) is 6.54. The Morgan fingerprint density at radius 1 is 1.15 bits per heavy atom. The van der Waals surface area contributed by atoms with E-state index in [1.807, 2.05) is 13.8 Å². The molecule has 0 unspecified atom stereocenters. The standard InChI is InChI=1S/C24H27F4N3O2/c1-23(2)10-18-20(19(32)11-23)15(24(26,27)28)12-31(18)14-8-16(25)21(22(29)33)17(9-14)30-13-6-4-3-5-7-13/h8-9,12-13,30H,3-7,10-11H2,1-2H3,(H2,29,33). The quantitative estimate of drug-likeness (QED) is 0.574. The van der Waals surface area contributed by atoms with Crippen LogP contribution in [0.2, 0.25) is 0 Å². The Morgan fingerprint density at radius 2 is 1.82 bits per heavy atom. The first-order valence-corrected chi connectivity index (χ1v) is 11.1. The van der Waals surface area contributed by atoms with Crippen LogP contribution in [0.3, 0.4) is 0 Å². The first kappa shape index (κ1) is 23.3. The van der Waals surface area contributed by atoms with Gasteiger partial charge >= 0.3 is 6.18 Å². The van der Waals surface area contributed by atoms with E-state index in [2.05, 4.69) is 5.32 Å². The molecule has 9 heteroatoms. The lowest BCUT2D eigenvalue weighted by molar-refractivity contribution is -0.137. The monoisotopic (exact) mass is 465 g/mol. The molecule has 1 amide bonds. The molecule has 2 aromatic rings. The largest absolute Gasteiger partial charge is 0.418 e. The van der Waals surface area contributed by atoms with E-state index in [9.17, 15) is 22.8 Å². The van der Waals surface area contributed by atoms with Crippen LogP contribution in [0.1, 0.15) is 84.3 Å². The predicted molar refractivity (Wildman–Crippen MR) is 116 cm³/mol. The van der Waals surface area contributed by atoms with Gasteiger partial charge in [0.25, 0.3) is 5.91 Å². The van der Waals surface area contributed by atoms with Gasteiger partial charge in [0.05, 0.1) is 28.1 Å². The smallest absolute Gasteiger partial charge is 0.382 e. The van der Waals surface area contributed by atoms with Crippen molar-refractivity contribution in [3.05, 3.63) is 46.5 Å². The first-order valence-electron chi connectivity index (χ1n) is 11.1. The SMILES string of the molecule is CC1(C)CC(=O)c2c(C(F)(F)F)cn(-c3cc(F)c(C(N)=O)c(NC4CCCCC4)c3)c2C1. The molecule has 1 saturated carbocycles. The Balaban J connectivity index is 1.88. The maximum absolute atomic E-state index is 15.1. The average molecular weight is 465 g/mol. The number of fused-ring (bicyclic) bond motifs is 1. The van der Waals surface area contributed by atoms with E-state index in [0.29, 0.717) is 0 Å². The summed E-state index contributed by atoms with van der Waals surface area (Å²) < 4.78 is 57.7. The van der Waals surface area contributed by atoms with Gasteiger partial charge in [0.1, 0.15) is 5.82 Å². The maximum atomic E-state index is 15.1. The predicted octanol–water partition coefficient (Wildman–Crippen LogP) is 5.63. The number of hydrogen-bond donors (Lipinski definition) is 2. The first-order chi connectivity index (χ1) is 15.4. The molecule has 178 valence electrons. The Kier molecular flexibility index (Phi) is 5.78. The van der Waals surface area contributed by atoms with E-state index in [-0.39, 0.29) is 47.1 Å². The molecule has 3 N–H and O–H groups in total. The van der Waals surface area contributed by atoms with Crippen molar-refractivity contribution in [2.24, 2.45) is 11.1 Å². The number of rotatable bonds is 4. The van der Waals surface area contributed by atoms with Gasteiger partial charge in [-0.05, 0) is 36.8 Å². The van der Waals surface area contributed by atoms with Gasteiger partial charge in [-0.3, -0.25) is 9.59 Å². The van der Waals surface area contributed by atoms with E-state index in [4.69, 9.17) is 5.73 Å². The number of benzene rings is 1. The minimum atomic E-state index is -4.73. The third kappa shape index (κ3) is 4.50. The molecule has 4 rings (SSSR count). The van der Waals surface area contributed by atoms with E-state index in [0.717, 1.165) is 44.4 Å². The second-order valence-corrected chi connectivity index (χ2v) is 9.87. The number of aromatic nitrogens is 1. The summed E-state index contributed by atoms with van der Waals surface area (Å²) in [6.45, 7) is 3.62. The van der Waals surface area contributed by atoms with Crippen molar-refractivity contribution in [2.75, 3.05) is 5.32 Å². The zero-order valence-electron chi connectivity index (χ0n) is 18.6. The second kappa shape index (κ2) is 8.18. The minimum Gasteiger partial charge on any atom is -0.382 e. The lowest BCUT2D eigenvalue weighted by atomic mass is 9.75. The number of carbonyl (C=O) groups is 2. The lowest BCUT2D eigenvalue weighted by Crippen LogP contribution is -2.29. The summed E-state index contributed by atoms with van der Waals surface area (Å²) in [5.41, 5.74) is 3.62. The number of hydrogen-bond acceptors (Lipinski definition) is 3. The average Bonchev–Trinajstić information content (AvgIpc) is 3.07. The molecule has 0 spiro atoms. The van der Waals surface area contributed by atoms with Gasteiger partial charge in [-0.2, -0.15) is 13.2 Å². The van der Waals surface area contributed by atoms with Gasteiger partial charge in [0.15, 0.2) is 5.78 Å². The summed E-state index contributed by atoms with van der Waals surface area (Å²) in [6, 6.07) is 2.46. The number of ketones is 1. The molecule has 33 heavy (non-hydrogen) atoms. The molecule has 1 aromatic carbocycles. The van der Waals surface area contributed by atoms with Crippen LogP contribution in [-0.4, -0.2) is 22.3 Å². The number of carbonyl (C=O) groups excluding carboxylic acids is 2. The molecule has 0 saturated heterocycles. The topological polar surface area (TPSA) is 77.1 Å². The van der Waals surface area contributed by atoms with Crippen LogP contribution >= 0.6 is 0 Å². The number of Topliss-reactive ketones (excluding diaryl/α,β-unsaturated/α-hetero) is 1. The summed E-state index contributed by atoms with van der Waals surface area (Å²) >= 11 is 0. The summed E-state index contributed by atoms with van der Waals surface area (Å²) in [6.07, 6.45) is 1.08. The molecule has 0 atom stereocenters. The molecule has 2 aliphatic carbocycles. The Labute approximate surface area is 189 Å². The fourth-order valence-corrected chi connectivity index (χ4v) is 5.08. The fourth-order valence-electron chi connectivity index (χ4n) is 5.08. The van der Waals surface area contributed by atoms with Crippen LogP contribution in [0.5, 0.6) is 0 Å². The number of amides is 1. The van der Waals surface area contributed by atoms with E-state index >= 15 is 4.39 Å². The number of anilines is 1. The highest BCUT2D eigenvalue weighted by Crippen LogP contribution is 2.43. The molecule has 1 fully saturated rings. The highest BCUT2D eigenvalue weighted by molar-refractivity contribution is 6.01. The van der Waals surface area contributed by atoms with E-state index in [1.54, 1.807) is 0 Å². The number of nitrogens with one attached hydrogen (secondary N) is 1. The van der Waals surface area contributed by atoms with Gasteiger partial charge in [-0.25, -0.2) is 4.39 Å². The Hall–Kier alpha value is -2.84. The summed E-state index contributed by atoms with van der Waals surface area (Å²) in [4.78, 5) is 24.7. The summed E-state index contributed by atoms with van der Waals surface area (Å²) in [5, 5.41) is 3.18. The van der Waals surface area contributed by atoms with Crippen molar-refractivity contribution in [1.82, 2.24) is 4.57 Å². The van der Waals surface area contributed by atoms with Gasteiger partial charge < -0.3 is 15.6 Å². The Morgan fingerprint density at radius 3 is 2.42 bits per heavy atom. The number of nitrogens with zero attached hydrogens (tertiary/aromatic N) is 1. The molecule has 0 aliphatic heterocycles. The molecular weight excluding hydrogens is 438 g/mol. The van der Waals surface area contributed by atoms with Crippen molar-refractivity contribution in [2.45, 2.75) is 71.0 Å². The molecule has 1 heterocycles. The lowest BCUT2D eigenvalue weighted by Gasteiger charge is -2.30. The number of primary amides is 1. The minimum absolute atomic E-state index is 0.00342. The van der Waals surface area contributed by atoms with Crippen LogP contribution < -0.4 is 11.1 Å². The van der Waals surface area contributed by atoms with Crippen LogP contribution in [0.25, 0.3) is 5.69 Å². The Bertz CT molecular complexity index is 1110. The van der Waals surface area contributed by atoms with Gasteiger partial charge in [-0.15, -0.1) is 0 Å². The molecule has 0 radical (unpaired) electrons. The number of alkyl halides is 3. The van der Waals surface area contributed by atoms with Crippen LogP contribution in [0.4, 0.5) is 23.2 Å². The van der Waals surface area contributed by atoms with E-state index in [1.165, 1.54) is 10.6 Å². The zero-order valence-corrected chi connectivity index (χ0v) is 18.6. The van der Waals surface area contributed by atoms with Crippen LogP contribution in [0, 0.1) is 11.2 Å². The highest BCUT2D eigenvalue weighted by atomic mass is 19.4. The van der Waals surface area contributed by atoms with Gasteiger partial charge in [-0.1, -0.05) is 33.1 Å². The molecular formula is C24H27F4N3O2. The highest BCUT2D eigenvalue weighted by Gasteiger charge is 2.43. The van der Waals surface area contributed by atoms with Crippen LogP contribution in [0.15, 0.2) is 18.3 Å². The molecule has 5 nitrogen and oxygen atoms in total. The van der Waals surface area contributed by atoms with Gasteiger partial charge in [0.2, 0.25) is 0 Å². The molecule has 1 aromatic heterocycles. The van der Waals surface area contributed by atoms with Crippen LogP contribution in [-0.2, 0) is 12.6 Å². The summed E-state index contributed by atoms with van der Waals surface area (Å²) in [5.74, 6) is -2.46.